The van der Waals surface area contributed by atoms with E-state index < -0.39 is 0 Å². The second-order valence-electron chi connectivity index (χ2n) is 4.38. The zero-order chi connectivity index (χ0) is 13.1. The summed E-state index contributed by atoms with van der Waals surface area (Å²) in [5, 5.41) is 2.05. The lowest BCUT2D eigenvalue weighted by Crippen LogP contribution is -2.26. The summed E-state index contributed by atoms with van der Waals surface area (Å²) in [6.45, 7) is 4.63. The predicted octanol–water partition coefficient (Wildman–Crippen LogP) is 3.03. The van der Waals surface area contributed by atoms with E-state index in [2.05, 4.69) is 23.4 Å². The van der Waals surface area contributed by atoms with Crippen LogP contribution in [0, 0.1) is 13.8 Å². The Hall–Kier alpha value is -1.68. The summed E-state index contributed by atoms with van der Waals surface area (Å²) in [5.41, 5.74) is 2.79. The van der Waals surface area contributed by atoms with Crippen molar-refractivity contribution in [3.8, 4) is 0 Å². The van der Waals surface area contributed by atoms with Crippen molar-refractivity contribution in [2.24, 2.45) is 0 Å². The van der Waals surface area contributed by atoms with Gasteiger partial charge in [0.25, 0.3) is 5.91 Å². The zero-order valence-electron chi connectivity index (χ0n) is 10.8. The van der Waals surface area contributed by atoms with Gasteiger partial charge >= 0.3 is 0 Å². The van der Waals surface area contributed by atoms with E-state index in [-0.39, 0.29) is 5.91 Å². The second-order valence-corrected chi connectivity index (χ2v) is 5.38. The maximum atomic E-state index is 12.2. The molecule has 2 heterocycles. The van der Waals surface area contributed by atoms with Crippen molar-refractivity contribution in [2.75, 3.05) is 7.05 Å². The van der Waals surface area contributed by atoms with Crippen molar-refractivity contribution in [3.63, 3.8) is 0 Å². The fraction of sp³-hybridized carbons (Fsp3) is 0.286. The number of hydrogen-bond acceptors (Lipinski definition) is 3. The van der Waals surface area contributed by atoms with Crippen molar-refractivity contribution in [1.29, 1.82) is 0 Å². The zero-order valence-corrected chi connectivity index (χ0v) is 11.6. The molecule has 2 aromatic heterocycles. The van der Waals surface area contributed by atoms with Gasteiger partial charge in [-0.25, -0.2) is 0 Å². The fourth-order valence-corrected chi connectivity index (χ4v) is 2.63. The minimum absolute atomic E-state index is 0.00954. The van der Waals surface area contributed by atoms with Gasteiger partial charge in [-0.1, -0.05) is 0 Å². The van der Waals surface area contributed by atoms with Gasteiger partial charge < -0.3 is 4.90 Å². The summed E-state index contributed by atoms with van der Waals surface area (Å²) in [7, 11) is 1.82. The van der Waals surface area contributed by atoms with Crippen LogP contribution in [0.3, 0.4) is 0 Å². The SMILES string of the molecule is Cc1ccc(C(=O)N(C)Cc2sccc2C)cn1. The fourth-order valence-electron chi connectivity index (χ4n) is 1.67. The predicted molar refractivity (Wildman–Crippen MR) is 73.8 cm³/mol. The largest absolute Gasteiger partial charge is 0.337 e. The summed E-state index contributed by atoms with van der Waals surface area (Å²) in [4.78, 5) is 19.3. The highest BCUT2D eigenvalue weighted by Gasteiger charge is 2.13. The van der Waals surface area contributed by atoms with Gasteiger partial charge in [0.05, 0.1) is 12.1 Å². The van der Waals surface area contributed by atoms with E-state index in [0.717, 1.165) is 5.69 Å². The standard InChI is InChI=1S/C14H16N2OS/c1-10-6-7-18-13(10)9-16(3)14(17)12-5-4-11(2)15-8-12/h4-8H,9H2,1-3H3. The van der Waals surface area contributed by atoms with E-state index in [1.165, 1.54) is 10.4 Å². The molecular formula is C14H16N2OS. The Labute approximate surface area is 111 Å². The molecule has 0 fully saturated rings. The number of hydrogen-bond donors (Lipinski definition) is 0. The molecule has 0 atom stereocenters. The van der Waals surface area contributed by atoms with Crippen molar-refractivity contribution in [3.05, 3.63) is 51.5 Å². The van der Waals surface area contributed by atoms with Crippen molar-refractivity contribution >= 4 is 17.2 Å². The molecular weight excluding hydrogens is 244 g/mol. The molecule has 3 nitrogen and oxygen atoms in total. The van der Waals surface area contributed by atoms with Crippen LogP contribution in [0.4, 0.5) is 0 Å². The van der Waals surface area contributed by atoms with Crippen LogP contribution >= 0.6 is 11.3 Å². The summed E-state index contributed by atoms with van der Waals surface area (Å²) in [6, 6.07) is 5.76. The van der Waals surface area contributed by atoms with Gasteiger partial charge in [0.15, 0.2) is 0 Å². The molecule has 4 heteroatoms. The molecule has 1 amide bonds. The highest BCUT2D eigenvalue weighted by Crippen LogP contribution is 2.18. The molecule has 0 saturated heterocycles. The van der Waals surface area contributed by atoms with Gasteiger partial charge in [-0.15, -0.1) is 11.3 Å². The Morgan fingerprint density at radius 1 is 1.33 bits per heavy atom. The molecule has 2 rings (SSSR count). The summed E-state index contributed by atoms with van der Waals surface area (Å²) >= 11 is 1.68. The molecule has 0 aliphatic rings. The lowest BCUT2D eigenvalue weighted by atomic mass is 10.2. The molecule has 0 radical (unpaired) electrons. The van der Waals surface area contributed by atoms with Crippen molar-refractivity contribution in [2.45, 2.75) is 20.4 Å². The summed E-state index contributed by atoms with van der Waals surface area (Å²) < 4.78 is 0. The monoisotopic (exact) mass is 260 g/mol. The summed E-state index contributed by atoms with van der Waals surface area (Å²) in [6.07, 6.45) is 1.63. The minimum Gasteiger partial charge on any atom is -0.337 e. The van der Waals surface area contributed by atoms with Gasteiger partial charge in [0.2, 0.25) is 0 Å². The molecule has 0 spiro atoms. The van der Waals surface area contributed by atoms with Crippen LogP contribution in [0.1, 0.15) is 26.5 Å². The highest BCUT2D eigenvalue weighted by atomic mass is 32.1. The van der Waals surface area contributed by atoms with Crippen LogP contribution in [-0.2, 0) is 6.54 Å². The normalized spacial score (nSPS) is 10.4. The smallest absolute Gasteiger partial charge is 0.255 e. The van der Waals surface area contributed by atoms with Crippen LogP contribution in [0.15, 0.2) is 29.8 Å². The molecule has 2 aromatic rings. The third kappa shape index (κ3) is 2.76. The van der Waals surface area contributed by atoms with Gasteiger partial charge in [0, 0.05) is 23.8 Å². The average molecular weight is 260 g/mol. The lowest BCUT2D eigenvalue weighted by Gasteiger charge is -2.16. The number of carbonyl (C=O) groups is 1. The quantitative estimate of drug-likeness (QED) is 0.850. The first-order valence-corrected chi connectivity index (χ1v) is 6.67. The number of pyridine rings is 1. The molecule has 0 aliphatic heterocycles. The van der Waals surface area contributed by atoms with Gasteiger partial charge in [-0.05, 0) is 43.0 Å². The Morgan fingerprint density at radius 2 is 2.11 bits per heavy atom. The second kappa shape index (κ2) is 5.31. The third-order valence-corrected chi connectivity index (χ3v) is 3.86. The van der Waals surface area contributed by atoms with E-state index in [0.29, 0.717) is 12.1 Å². The van der Waals surface area contributed by atoms with E-state index in [1.54, 1.807) is 22.4 Å². The van der Waals surface area contributed by atoms with Crippen LogP contribution < -0.4 is 0 Å². The van der Waals surface area contributed by atoms with Crippen LogP contribution in [0.25, 0.3) is 0 Å². The molecule has 0 N–H and O–H groups in total. The average Bonchev–Trinajstić information content (AvgIpc) is 2.75. The first kappa shape index (κ1) is 12.8. The Bertz CT molecular complexity index is 545. The molecule has 0 saturated carbocycles. The van der Waals surface area contributed by atoms with Crippen LogP contribution in [0.5, 0.6) is 0 Å². The van der Waals surface area contributed by atoms with Gasteiger partial charge in [0.1, 0.15) is 0 Å². The molecule has 94 valence electrons. The Balaban J connectivity index is 2.09. The molecule has 0 bridgehead atoms. The molecule has 0 aromatic carbocycles. The van der Waals surface area contributed by atoms with Crippen molar-refractivity contribution < 1.29 is 4.79 Å². The number of rotatable bonds is 3. The maximum Gasteiger partial charge on any atom is 0.255 e. The minimum atomic E-state index is 0.00954. The molecule has 0 unspecified atom stereocenters. The number of amides is 1. The number of thiophene rings is 1. The first-order chi connectivity index (χ1) is 8.58. The summed E-state index contributed by atoms with van der Waals surface area (Å²) in [5.74, 6) is 0.00954. The maximum absolute atomic E-state index is 12.2. The van der Waals surface area contributed by atoms with Gasteiger partial charge in [-0.2, -0.15) is 0 Å². The highest BCUT2D eigenvalue weighted by molar-refractivity contribution is 7.10. The van der Waals surface area contributed by atoms with Crippen LogP contribution in [0.2, 0.25) is 0 Å². The van der Waals surface area contributed by atoms with Crippen molar-refractivity contribution in [1.82, 2.24) is 9.88 Å². The van der Waals surface area contributed by atoms with Crippen LogP contribution in [-0.4, -0.2) is 22.8 Å². The number of carbonyl (C=O) groups excluding carboxylic acids is 1. The molecule has 18 heavy (non-hydrogen) atoms. The first-order valence-electron chi connectivity index (χ1n) is 5.79. The topological polar surface area (TPSA) is 33.2 Å². The Morgan fingerprint density at radius 3 is 2.67 bits per heavy atom. The lowest BCUT2D eigenvalue weighted by molar-refractivity contribution is 0.0786. The van der Waals surface area contributed by atoms with E-state index in [1.807, 2.05) is 26.1 Å². The Kier molecular flexibility index (Phi) is 3.77. The van der Waals surface area contributed by atoms with Gasteiger partial charge in [-0.3, -0.25) is 9.78 Å². The number of aromatic nitrogens is 1. The third-order valence-electron chi connectivity index (χ3n) is 2.85. The number of aryl methyl sites for hydroxylation is 2. The number of nitrogens with zero attached hydrogens (tertiary/aromatic N) is 2. The molecule has 0 aliphatic carbocycles. The van der Waals surface area contributed by atoms with E-state index >= 15 is 0 Å². The van der Waals surface area contributed by atoms with E-state index in [4.69, 9.17) is 0 Å². The van der Waals surface area contributed by atoms with E-state index in [9.17, 15) is 4.79 Å².